The molecule has 17 heavy (non-hydrogen) atoms. The zero-order valence-electron chi connectivity index (χ0n) is 10.1. The second-order valence-corrected chi connectivity index (χ2v) is 3.75. The van der Waals surface area contributed by atoms with Gasteiger partial charge in [-0.2, -0.15) is 10.0 Å². The van der Waals surface area contributed by atoms with Gasteiger partial charge < -0.3 is 0 Å². The highest BCUT2D eigenvalue weighted by Crippen LogP contribution is 2.01. The van der Waals surface area contributed by atoms with Gasteiger partial charge >= 0.3 is 6.34 Å². The van der Waals surface area contributed by atoms with Crippen molar-refractivity contribution in [3.05, 3.63) is 40.2 Å². The molecule has 0 spiro atoms. The molecule has 1 aromatic heterocycles. The largest absolute Gasteiger partial charge is 0.516 e. The van der Waals surface area contributed by atoms with Crippen LogP contribution in [0.2, 0.25) is 0 Å². The quantitative estimate of drug-likeness (QED) is 0.241. The fourth-order valence-electron chi connectivity index (χ4n) is 1.41. The SMILES string of the molecule is CN(C)/[N+](=C/[N+](=O)[O-])N(C)Cc1cccnc1. The Labute approximate surface area is 99.7 Å². The van der Waals surface area contributed by atoms with Gasteiger partial charge in [-0.05, 0) is 11.6 Å². The van der Waals surface area contributed by atoms with Crippen LogP contribution in [0.3, 0.4) is 0 Å². The summed E-state index contributed by atoms with van der Waals surface area (Å²) in [6.45, 7) is 0.538. The Balaban J connectivity index is 2.80. The van der Waals surface area contributed by atoms with Crippen LogP contribution in [-0.4, -0.2) is 52.2 Å². The minimum atomic E-state index is -0.486. The first-order valence-corrected chi connectivity index (χ1v) is 5.05. The molecule has 0 saturated heterocycles. The van der Waals surface area contributed by atoms with Crippen LogP contribution < -0.4 is 0 Å². The van der Waals surface area contributed by atoms with E-state index in [9.17, 15) is 10.1 Å². The van der Waals surface area contributed by atoms with Gasteiger partial charge in [0.25, 0.3) is 0 Å². The van der Waals surface area contributed by atoms with E-state index >= 15 is 0 Å². The zero-order chi connectivity index (χ0) is 12.8. The fraction of sp³-hybridized carbons (Fsp3) is 0.400. The average Bonchev–Trinajstić information content (AvgIpc) is 2.26. The maximum Gasteiger partial charge on any atom is 0.516 e. The molecule has 0 saturated carbocycles. The molecule has 92 valence electrons. The molecule has 0 aliphatic heterocycles. The molecule has 0 aliphatic rings. The highest BCUT2D eigenvalue weighted by Gasteiger charge is 2.19. The molecule has 0 N–H and O–H groups in total. The lowest BCUT2D eigenvalue weighted by molar-refractivity contribution is -0.816. The second kappa shape index (κ2) is 5.78. The molecule has 0 amide bonds. The Morgan fingerprint density at radius 2 is 2.18 bits per heavy atom. The third-order valence-corrected chi connectivity index (χ3v) is 2.09. The second-order valence-electron chi connectivity index (χ2n) is 3.75. The van der Waals surface area contributed by atoms with Gasteiger partial charge in [0.15, 0.2) is 0 Å². The lowest BCUT2D eigenvalue weighted by Crippen LogP contribution is -2.42. The van der Waals surface area contributed by atoms with E-state index in [1.807, 2.05) is 12.1 Å². The van der Waals surface area contributed by atoms with Crippen LogP contribution in [0.25, 0.3) is 0 Å². The number of hydrazone groups is 2. The molecule has 0 radical (unpaired) electrons. The topological polar surface area (TPSA) is 65.5 Å². The van der Waals surface area contributed by atoms with Crippen LogP contribution in [0.4, 0.5) is 0 Å². The van der Waals surface area contributed by atoms with E-state index in [-0.39, 0.29) is 0 Å². The number of nitro groups is 1. The summed E-state index contributed by atoms with van der Waals surface area (Å²) in [4.78, 5) is 15.5. The van der Waals surface area contributed by atoms with Gasteiger partial charge in [-0.15, -0.1) is 0 Å². The van der Waals surface area contributed by atoms with E-state index in [2.05, 4.69) is 4.98 Å². The molecule has 0 aliphatic carbocycles. The normalized spacial score (nSPS) is 11.1. The molecule has 7 nitrogen and oxygen atoms in total. The maximum absolute atomic E-state index is 10.5. The minimum Gasteiger partial charge on any atom is -0.264 e. The molecule has 0 atom stereocenters. The van der Waals surface area contributed by atoms with Crippen LogP contribution in [0, 0.1) is 10.1 Å². The van der Waals surface area contributed by atoms with Crippen molar-refractivity contribution in [1.82, 2.24) is 15.0 Å². The predicted octanol–water partition coefficient (Wildman–Crippen LogP) is 0.222. The Hall–Kier alpha value is -2.18. The standard InChI is InChI=1S/C10H16N5O2/c1-12(2)14(9-15(16)17)13(3)8-10-5-4-6-11-7-10/h4-7,9H,8H2,1-3H3/q+1/b14-9-. The molecule has 0 fully saturated rings. The van der Waals surface area contributed by atoms with Crippen LogP contribution in [0.5, 0.6) is 0 Å². The molecule has 0 unspecified atom stereocenters. The Bertz CT molecular complexity index is 404. The number of aromatic nitrogens is 1. The van der Waals surface area contributed by atoms with E-state index in [4.69, 9.17) is 0 Å². The van der Waals surface area contributed by atoms with Gasteiger partial charge in [0.1, 0.15) is 11.5 Å². The van der Waals surface area contributed by atoms with Crippen LogP contribution in [0.15, 0.2) is 24.5 Å². The van der Waals surface area contributed by atoms with E-state index in [0.717, 1.165) is 11.9 Å². The Morgan fingerprint density at radius 1 is 1.47 bits per heavy atom. The number of hydrazine groups is 2. The van der Waals surface area contributed by atoms with Crippen molar-refractivity contribution in [2.45, 2.75) is 6.54 Å². The smallest absolute Gasteiger partial charge is 0.264 e. The van der Waals surface area contributed by atoms with Gasteiger partial charge in [0, 0.05) is 12.4 Å². The van der Waals surface area contributed by atoms with Gasteiger partial charge in [-0.25, -0.2) is 0 Å². The van der Waals surface area contributed by atoms with Crippen LogP contribution in [-0.2, 0) is 6.54 Å². The highest BCUT2D eigenvalue weighted by molar-refractivity contribution is 5.35. The molecular formula is C10H16N5O2+. The van der Waals surface area contributed by atoms with Crippen molar-refractivity contribution in [2.24, 2.45) is 0 Å². The number of pyridine rings is 1. The first-order chi connectivity index (χ1) is 8.00. The van der Waals surface area contributed by atoms with Gasteiger partial charge in [-0.3, -0.25) is 15.1 Å². The molecule has 1 heterocycles. The first-order valence-electron chi connectivity index (χ1n) is 5.05. The fourth-order valence-corrected chi connectivity index (χ4v) is 1.41. The number of hydrogen-bond acceptors (Lipinski definition) is 5. The van der Waals surface area contributed by atoms with Crippen molar-refractivity contribution >= 4 is 6.34 Å². The summed E-state index contributed by atoms with van der Waals surface area (Å²) in [6.07, 6.45) is 4.34. The summed E-state index contributed by atoms with van der Waals surface area (Å²) in [5, 5.41) is 13.9. The van der Waals surface area contributed by atoms with E-state index in [1.165, 1.54) is 4.79 Å². The average molecular weight is 238 g/mol. The number of hydrogen-bond donors (Lipinski definition) is 0. The number of rotatable bonds is 5. The third kappa shape index (κ3) is 4.06. The molecule has 0 aromatic carbocycles. The number of nitrogens with zero attached hydrogens (tertiary/aromatic N) is 5. The van der Waals surface area contributed by atoms with Crippen LogP contribution >= 0.6 is 0 Å². The lowest BCUT2D eigenvalue weighted by atomic mass is 10.3. The summed E-state index contributed by atoms with van der Waals surface area (Å²) in [5.74, 6) is 0. The van der Waals surface area contributed by atoms with Gasteiger partial charge in [-0.1, -0.05) is 6.07 Å². The molecule has 0 bridgehead atoms. The van der Waals surface area contributed by atoms with E-state index in [0.29, 0.717) is 6.54 Å². The van der Waals surface area contributed by atoms with Crippen molar-refractivity contribution in [3.8, 4) is 0 Å². The summed E-state index contributed by atoms with van der Waals surface area (Å²) in [5.41, 5.74) is 0.985. The van der Waals surface area contributed by atoms with Gasteiger partial charge in [0.2, 0.25) is 0 Å². The maximum atomic E-state index is 10.5. The first kappa shape index (κ1) is 12.9. The molecule has 1 rings (SSSR count). The van der Waals surface area contributed by atoms with Crippen molar-refractivity contribution in [1.29, 1.82) is 0 Å². The summed E-state index contributed by atoms with van der Waals surface area (Å²) in [7, 11) is 5.24. The Morgan fingerprint density at radius 3 is 2.65 bits per heavy atom. The van der Waals surface area contributed by atoms with E-state index < -0.39 is 4.92 Å². The van der Waals surface area contributed by atoms with Crippen molar-refractivity contribution < 1.29 is 9.72 Å². The molecular weight excluding hydrogens is 222 g/mol. The van der Waals surface area contributed by atoms with Gasteiger partial charge in [0.05, 0.1) is 25.9 Å². The highest BCUT2D eigenvalue weighted by atomic mass is 16.6. The minimum absolute atomic E-state index is 0.486. The predicted molar refractivity (Wildman–Crippen MR) is 62.7 cm³/mol. The van der Waals surface area contributed by atoms with Crippen molar-refractivity contribution in [3.63, 3.8) is 0 Å². The Kier molecular flexibility index (Phi) is 4.38. The van der Waals surface area contributed by atoms with Crippen molar-refractivity contribution in [2.75, 3.05) is 21.1 Å². The summed E-state index contributed by atoms with van der Waals surface area (Å²) in [6, 6.07) is 3.75. The summed E-state index contributed by atoms with van der Waals surface area (Å²) < 4.78 is 0. The third-order valence-electron chi connectivity index (χ3n) is 2.09. The molecule has 1 aromatic rings. The van der Waals surface area contributed by atoms with E-state index in [1.54, 1.807) is 43.6 Å². The summed E-state index contributed by atoms with van der Waals surface area (Å²) >= 11 is 0. The molecule has 7 heteroatoms. The lowest BCUT2D eigenvalue weighted by Gasteiger charge is -2.17. The zero-order valence-corrected chi connectivity index (χ0v) is 10.1. The monoisotopic (exact) mass is 238 g/mol. The van der Waals surface area contributed by atoms with Crippen LogP contribution in [0.1, 0.15) is 5.56 Å².